The molecule has 0 aliphatic heterocycles. The zero-order chi connectivity index (χ0) is 16.6. The van der Waals surface area contributed by atoms with Crippen molar-refractivity contribution >= 4 is 67.4 Å². The normalized spacial score (nSPS) is 10.8. The number of thiazole rings is 1. The van der Waals surface area contributed by atoms with E-state index in [1.807, 2.05) is 0 Å². The standard InChI is InChI=1S/C15H9Cl3N2O2S/c1-22-10-4-2-7(6-9(10)17)14(21)20-15-19-13-11(23-15)5-3-8(16)12(13)18/h2-6H,1H3,(H,19,20,21). The molecule has 0 spiro atoms. The Hall–Kier alpha value is -1.53. The van der Waals surface area contributed by atoms with Crippen molar-refractivity contribution < 1.29 is 9.53 Å². The molecule has 1 amide bonds. The predicted molar refractivity (Wildman–Crippen MR) is 95.6 cm³/mol. The van der Waals surface area contributed by atoms with Crippen LogP contribution in [-0.4, -0.2) is 18.0 Å². The van der Waals surface area contributed by atoms with Crippen LogP contribution in [-0.2, 0) is 0 Å². The molecule has 1 heterocycles. The SMILES string of the molecule is COc1ccc(C(=O)Nc2nc3c(Cl)c(Cl)ccc3s2)cc1Cl. The average Bonchev–Trinajstić information content (AvgIpc) is 2.94. The smallest absolute Gasteiger partial charge is 0.257 e. The fourth-order valence-corrected chi connectivity index (χ4v) is 3.51. The molecule has 0 bridgehead atoms. The molecule has 3 rings (SSSR count). The van der Waals surface area contributed by atoms with E-state index < -0.39 is 0 Å². The Bertz CT molecular complexity index is 911. The minimum atomic E-state index is -0.323. The summed E-state index contributed by atoms with van der Waals surface area (Å²) in [4.78, 5) is 16.6. The summed E-state index contributed by atoms with van der Waals surface area (Å²) in [5, 5.41) is 4.31. The first-order valence-electron chi connectivity index (χ1n) is 6.39. The number of anilines is 1. The number of hydrogen-bond acceptors (Lipinski definition) is 4. The number of fused-ring (bicyclic) bond motifs is 1. The number of hydrogen-bond donors (Lipinski definition) is 1. The van der Waals surface area contributed by atoms with Gasteiger partial charge in [-0.15, -0.1) is 0 Å². The lowest BCUT2D eigenvalue weighted by Crippen LogP contribution is -2.11. The Balaban J connectivity index is 1.88. The fourth-order valence-electron chi connectivity index (χ4n) is 1.97. The Kier molecular flexibility index (Phi) is 4.64. The topological polar surface area (TPSA) is 51.2 Å². The first-order valence-corrected chi connectivity index (χ1v) is 8.34. The van der Waals surface area contributed by atoms with E-state index in [1.165, 1.54) is 24.5 Å². The van der Waals surface area contributed by atoms with Crippen LogP contribution in [0.15, 0.2) is 30.3 Å². The van der Waals surface area contributed by atoms with Crippen LogP contribution in [0, 0.1) is 0 Å². The maximum Gasteiger partial charge on any atom is 0.257 e. The quantitative estimate of drug-likeness (QED) is 0.644. The van der Waals surface area contributed by atoms with Gasteiger partial charge in [-0.3, -0.25) is 10.1 Å². The van der Waals surface area contributed by atoms with Crippen LogP contribution in [0.1, 0.15) is 10.4 Å². The molecule has 0 saturated heterocycles. The highest BCUT2D eigenvalue weighted by molar-refractivity contribution is 7.22. The number of nitrogens with zero attached hydrogens (tertiary/aromatic N) is 1. The number of aromatic nitrogens is 1. The third kappa shape index (κ3) is 3.23. The lowest BCUT2D eigenvalue weighted by Gasteiger charge is -2.05. The van der Waals surface area contributed by atoms with E-state index in [0.29, 0.717) is 37.0 Å². The summed E-state index contributed by atoms with van der Waals surface area (Å²) < 4.78 is 5.90. The van der Waals surface area contributed by atoms with Gasteiger partial charge in [-0.05, 0) is 30.3 Å². The summed E-state index contributed by atoms with van der Waals surface area (Å²) in [6, 6.07) is 8.29. The van der Waals surface area contributed by atoms with Gasteiger partial charge in [-0.1, -0.05) is 46.1 Å². The van der Waals surface area contributed by atoms with Crippen LogP contribution in [0.3, 0.4) is 0 Å². The largest absolute Gasteiger partial charge is 0.495 e. The number of carbonyl (C=O) groups excluding carboxylic acids is 1. The van der Waals surface area contributed by atoms with Gasteiger partial charge < -0.3 is 4.74 Å². The molecule has 1 aromatic heterocycles. The number of rotatable bonds is 3. The Morgan fingerprint density at radius 3 is 2.65 bits per heavy atom. The molecule has 0 fully saturated rings. The van der Waals surface area contributed by atoms with E-state index in [-0.39, 0.29) is 5.91 Å². The molecule has 23 heavy (non-hydrogen) atoms. The lowest BCUT2D eigenvalue weighted by molar-refractivity contribution is 0.102. The highest BCUT2D eigenvalue weighted by atomic mass is 35.5. The molecule has 118 valence electrons. The Labute approximate surface area is 150 Å². The molecule has 0 atom stereocenters. The number of ether oxygens (including phenoxy) is 1. The van der Waals surface area contributed by atoms with E-state index in [0.717, 1.165) is 4.70 Å². The molecule has 2 aromatic carbocycles. The van der Waals surface area contributed by atoms with Gasteiger partial charge in [0, 0.05) is 5.56 Å². The maximum absolute atomic E-state index is 12.3. The molecule has 0 aliphatic rings. The molecule has 1 N–H and O–H groups in total. The summed E-state index contributed by atoms with van der Waals surface area (Å²) in [6.45, 7) is 0. The average molecular weight is 388 g/mol. The first-order chi connectivity index (χ1) is 11.0. The van der Waals surface area contributed by atoms with E-state index in [9.17, 15) is 4.79 Å². The van der Waals surface area contributed by atoms with Crippen LogP contribution in [0.25, 0.3) is 10.2 Å². The lowest BCUT2D eigenvalue weighted by atomic mass is 10.2. The second-order valence-corrected chi connectivity index (χ2v) is 6.75. The van der Waals surface area contributed by atoms with Crippen LogP contribution in [0.4, 0.5) is 5.13 Å². The van der Waals surface area contributed by atoms with E-state index in [2.05, 4.69) is 10.3 Å². The summed E-state index contributed by atoms with van der Waals surface area (Å²) in [5.41, 5.74) is 0.964. The molecule has 0 unspecified atom stereocenters. The zero-order valence-electron chi connectivity index (χ0n) is 11.7. The van der Waals surface area contributed by atoms with Crippen LogP contribution < -0.4 is 10.1 Å². The molecule has 3 aromatic rings. The number of methoxy groups -OCH3 is 1. The molecule has 0 aliphatic carbocycles. The fraction of sp³-hybridized carbons (Fsp3) is 0.0667. The first kappa shape index (κ1) is 16.3. The number of halogens is 3. The highest BCUT2D eigenvalue weighted by Crippen LogP contribution is 2.35. The summed E-state index contributed by atoms with van der Waals surface area (Å²) >= 11 is 19.4. The van der Waals surface area contributed by atoms with Crippen molar-refractivity contribution in [3.8, 4) is 5.75 Å². The number of nitrogens with one attached hydrogen (secondary N) is 1. The minimum Gasteiger partial charge on any atom is -0.495 e. The van der Waals surface area contributed by atoms with Gasteiger partial charge in [0.05, 0.1) is 26.9 Å². The van der Waals surface area contributed by atoms with Gasteiger partial charge in [-0.2, -0.15) is 0 Å². The third-order valence-electron chi connectivity index (χ3n) is 3.09. The molecular formula is C15H9Cl3N2O2S. The maximum atomic E-state index is 12.3. The number of amides is 1. The molecule has 4 nitrogen and oxygen atoms in total. The summed E-state index contributed by atoms with van der Waals surface area (Å²) in [7, 11) is 1.51. The van der Waals surface area contributed by atoms with Crippen molar-refractivity contribution in [2.45, 2.75) is 0 Å². The van der Waals surface area contributed by atoms with E-state index >= 15 is 0 Å². The number of carbonyl (C=O) groups is 1. The van der Waals surface area contributed by atoms with Crippen LogP contribution >= 0.6 is 46.1 Å². The minimum absolute atomic E-state index is 0.323. The third-order valence-corrected chi connectivity index (χ3v) is 5.11. The monoisotopic (exact) mass is 386 g/mol. The van der Waals surface area contributed by atoms with Crippen molar-refractivity contribution in [1.29, 1.82) is 0 Å². The Morgan fingerprint density at radius 2 is 1.96 bits per heavy atom. The molecule has 0 saturated carbocycles. The predicted octanol–water partition coefficient (Wildman–Crippen LogP) is 5.52. The van der Waals surface area contributed by atoms with Gasteiger partial charge in [0.25, 0.3) is 5.91 Å². The molecule has 0 radical (unpaired) electrons. The van der Waals surface area contributed by atoms with Gasteiger partial charge in [0.2, 0.25) is 0 Å². The van der Waals surface area contributed by atoms with Crippen molar-refractivity contribution in [2.75, 3.05) is 12.4 Å². The van der Waals surface area contributed by atoms with Gasteiger partial charge in [0.1, 0.15) is 11.3 Å². The van der Waals surface area contributed by atoms with E-state index in [1.54, 1.807) is 24.3 Å². The van der Waals surface area contributed by atoms with Crippen molar-refractivity contribution in [1.82, 2.24) is 4.98 Å². The summed E-state index contributed by atoms with van der Waals surface area (Å²) in [6.07, 6.45) is 0. The summed E-state index contributed by atoms with van der Waals surface area (Å²) in [5.74, 6) is 0.181. The molecule has 8 heteroatoms. The van der Waals surface area contributed by atoms with Crippen molar-refractivity contribution in [2.24, 2.45) is 0 Å². The molecular weight excluding hydrogens is 379 g/mol. The Morgan fingerprint density at radius 1 is 1.17 bits per heavy atom. The highest BCUT2D eigenvalue weighted by Gasteiger charge is 2.14. The van der Waals surface area contributed by atoms with E-state index in [4.69, 9.17) is 39.5 Å². The van der Waals surface area contributed by atoms with Crippen LogP contribution in [0.2, 0.25) is 15.1 Å². The van der Waals surface area contributed by atoms with Crippen LogP contribution in [0.5, 0.6) is 5.75 Å². The van der Waals surface area contributed by atoms with Gasteiger partial charge >= 0.3 is 0 Å². The zero-order valence-corrected chi connectivity index (χ0v) is 14.8. The number of benzene rings is 2. The van der Waals surface area contributed by atoms with Crippen molar-refractivity contribution in [3.05, 3.63) is 51.0 Å². The van der Waals surface area contributed by atoms with Gasteiger partial charge in [-0.25, -0.2) is 4.98 Å². The second kappa shape index (κ2) is 6.53. The van der Waals surface area contributed by atoms with Gasteiger partial charge in [0.15, 0.2) is 5.13 Å². The second-order valence-electron chi connectivity index (χ2n) is 4.53. The van der Waals surface area contributed by atoms with Crippen molar-refractivity contribution in [3.63, 3.8) is 0 Å².